The molecule has 0 aliphatic heterocycles. The Bertz CT molecular complexity index is 509. The summed E-state index contributed by atoms with van der Waals surface area (Å²) in [6, 6.07) is 5.48. The van der Waals surface area contributed by atoms with Gasteiger partial charge in [-0.1, -0.05) is 19.9 Å². The van der Waals surface area contributed by atoms with Crippen LogP contribution in [0.15, 0.2) is 18.2 Å². The molecule has 0 unspecified atom stereocenters. The van der Waals surface area contributed by atoms with Crippen LogP contribution in [-0.2, 0) is 9.59 Å². The Morgan fingerprint density at radius 3 is 2.50 bits per heavy atom. The summed E-state index contributed by atoms with van der Waals surface area (Å²) in [5.41, 5.74) is 1.04. The van der Waals surface area contributed by atoms with Crippen molar-refractivity contribution in [2.24, 2.45) is 5.41 Å². The van der Waals surface area contributed by atoms with Gasteiger partial charge in [-0.25, -0.2) is 0 Å². The lowest BCUT2D eigenvalue weighted by Gasteiger charge is -2.21. The van der Waals surface area contributed by atoms with Gasteiger partial charge in [0, 0.05) is 6.42 Å². The molecule has 2 N–H and O–H groups in total. The number of aryl methyl sites for hydroxylation is 1. The molecule has 1 aromatic carbocycles. The number of benzene rings is 1. The Morgan fingerprint density at radius 1 is 1.30 bits per heavy atom. The van der Waals surface area contributed by atoms with Crippen molar-refractivity contribution >= 4 is 17.6 Å². The second kappa shape index (κ2) is 6.41. The molecule has 1 amide bonds. The number of hydrogen-bond acceptors (Lipinski definition) is 3. The zero-order valence-corrected chi connectivity index (χ0v) is 12.3. The van der Waals surface area contributed by atoms with Crippen molar-refractivity contribution in [3.63, 3.8) is 0 Å². The first-order chi connectivity index (χ1) is 9.23. The van der Waals surface area contributed by atoms with E-state index in [1.54, 1.807) is 27.0 Å². The molecule has 5 nitrogen and oxygen atoms in total. The van der Waals surface area contributed by atoms with Crippen molar-refractivity contribution in [3.05, 3.63) is 23.8 Å². The fraction of sp³-hybridized carbons (Fsp3) is 0.467. The van der Waals surface area contributed by atoms with Gasteiger partial charge in [0.05, 0.1) is 19.2 Å². The minimum absolute atomic E-state index is 0.0501. The van der Waals surface area contributed by atoms with Crippen LogP contribution in [0, 0.1) is 12.3 Å². The first kappa shape index (κ1) is 16.0. The van der Waals surface area contributed by atoms with E-state index in [1.807, 2.05) is 19.1 Å². The molecule has 1 rings (SSSR count). The molecule has 0 aliphatic rings. The number of hydrogen-bond donors (Lipinski definition) is 2. The number of carbonyl (C=O) groups is 2. The molecule has 5 heteroatoms. The Labute approximate surface area is 118 Å². The first-order valence-corrected chi connectivity index (χ1v) is 6.40. The zero-order chi connectivity index (χ0) is 15.3. The van der Waals surface area contributed by atoms with E-state index in [0.29, 0.717) is 11.4 Å². The summed E-state index contributed by atoms with van der Waals surface area (Å²) in [4.78, 5) is 22.7. The average Bonchev–Trinajstić information content (AvgIpc) is 2.28. The van der Waals surface area contributed by atoms with E-state index >= 15 is 0 Å². The molecule has 0 heterocycles. The number of carboxylic acid groups (broad SMARTS) is 1. The summed E-state index contributed by atoms with van der Waals surface area (Å²) in [7, 11) is 1.54. The number of aliphatic carboxylic acids is 1. The van der Waals surface area contributed by atoms with Gasteiger partial charge in [-0.15, -0.1) is 0 Å². The van der Waals surface area contributed by atoms with Crippen molar-refractivity contribution in [3.8, 4) is 5.75 Å². The highest BCUT2D eigenvalue weighted by Gasteiger charge is 2.25. The summed E-state index contributed by atoms with van der Waals surface area (Å²) in [5.74, 6) is -0.538. The minimum Gasteiger partial charge on any atom is -0.495 e. The van der Waals surface area contributed by atoms with Crippen LogP contribution >= 0.6 is 0 Å². The normalized spacial score (nSPS) is 11.0. The predicted octanol–water partition coefficient (Wildman–Crippen LogP) is 2.83. The Hall–Kier alpha value is -2.04. The quantitative estimate of drug-likeness (QED) is 0.839. The molecular weight excluding hydrogens is 258 g/mol. The van der Waals surface area contributed by atoms with E-state index in [0.717, 1.165) is 5.56 Å². The van der Waals surface area contributed by atoms with Crippen LogP contribution in [0.25, 0.3) is 0 Å². The number of carboxylic acids is 1. The van der Waals surface area contributed by atoms with E-state index in [-0.39, 0.29) is 18.7 Å². The smallest absolute Gasteiger partial charge is 0.303 e. The lowest BCUT2D eigenvalue weighted by Crippen LogP contribution is -2.25. The number of rotatable bonds is 6. The van der Waals surface area contributed by atoms with Gasteiger partial charge in [0.1, 0.15) is 5.75 Å². The molecule has 0 bridgehead atoms. The van der Waals surface area contributed by atoms with Crippen LogP contribution in [0.4, 0.5) is 5.69 Å². The van der Waals surface area contributed by atoms with Gasteiger partial charge in [0.2, 0.25) is 5.91 Å². The number of methoxy groups -OCH3 is 1. The Kier molecular flexibility index (Phi) is 5.13. The van der Waals surface area contributed by atoms with Crippen LogP contribution in [0.5, 0.6) is 5.75 Å². The lowest BCUT2D eigenvalue weighted by atomic mass is 9.85. The molecule has 20 heavy (non-hydrogen) atoms. The fourth-order valence-electron chi connectivity index (χ4n) is 2.00. The van der Waals surface area contributed by atoms with Crippen LogP contribution in [0.1, 0.15) is 32.3 Å². The number of ether oxygens (including phenoxy) is 1. The fourth-order valence-corrected chi connectivity index (χ4v) is 2.00. The second-order valence-corrected chi connectivity index (χ2v) is 5.66. The van der Waals surface area contributed by atoms with Crippen LogP contribution < -0.4 is 10.1 Å². The van der Waals surface area contributed by atoms with E-state index in [1.165, 1.54) is 0 Å². The minimum atomic E-state index is -0.907. The monoisotopic (exact) mass is 279 g/mol. The van der Waals surface area contributed by atoms with Crippen molar-refractivity contribution in [1.29, 1.82) is 0 Å². The molecule has 0 saturated heterocycles. The maximum atomic E-state index is 12.0. The van der Waals surface area contributed by atoms with Gasteiger partial charge in [-0.3, -0.25) is 9.59 Å². The van der Waals surface area contributed by atoms with Crippen molar-refractivity contribution in [2.75, 3.05) is 12.4 Å². The topological polar surface area (TPSA) is 75.6 Å². The second-order valence-electron chi connectivity index (χ2n) is 5.66. The molecule has 0 fully saturated rings. The molecule has 0 atom stereocenters. The van der Waals surface area contributed by atoms with E-state index < -0.39 is 11.4 Å². The van der Waals surface area contributed by atoms with Crippen LogP contribution in [0.2, 0.25) is 0 Å². The number of amides is 1. The summed E-state index contributed by atoms with van der Waals surface area (Å²) >= 11 is 0. The SMILES string of the molecule is COc1cc(C)ccc1NC(=O)CC(C)(C)CC(=O)O. The van der Waals surface area contributed by atoms with Gasteiger partial charge in [-0.2, -0.15) is 0 Å². The van der Waals surface area contributed by atoms with Crippen molar-refractivity contribution in [2.45, 2.75) is 33.6 Å². The van der Waals surface area contributed by atoms with Crippen LogP contribution in [0.3, 0.4) is 0 Å². The van der Waals surface area contributed by atoms with Crippen LogP contribution in [-0.4, -0.2) is 24.1 Å². The lowest BCUT2D eigenvalue weighted by molar-refractivity contribution is -0.139. The molecule has 110 valence electrons. The maximum Gasteiger partial charge on any atom is 0.303 e. The third-order valence-corrected chi connectivity index (χ3v) is 2.90. The van der Waals surface area contributed by atoms with E-state index in [2.05, 4.69) is 5.32 Å². The highest BCUT2D eigenvalue weighted by atomic mass is 16.5. The third kappa shape index (κ3) is 4.91. The van der Waals surface area contributed by atoms with Crippen molar-refractivity contribution < 1.29 is 19.4 Å². The maximum absolute atomic E-state index is 12.0. The molecule has 0 saturated carbocycles. The first-order valence-electron chi connectivity index (χ1n) is 6.40. The van der Waals surface area contributed by atoms with Crippen molar-refractivity contribution in [1.82, 2.24) is 0 Å². The highest BCUT2D eigenvalue weighted by Crippen LogP contribution is 2.28. The van der Waals surface area contributed by atoms with E-state index in [9.17, 15) is 9.59 Å². The largest absolute Gasteiger partial charge is 0.495 e. The number of nitrogens with one attached hydrogen (secondary N) is 1. The zero-order valence-electron chi connectivity index (χ0n) is 12.3. The van der Waals surface area contributed by atoms with Gasteiger partial charge >= 0.3 is 5.97 Å². The van der Waals surface area contributed by atoms with E-state index in [4.69, 9.17) is 9.84 Å². The van der Waals surface area contributed by atoms with Gasteiger partial charge in [0.25, 0.3) is 0 Å². The molecule has 0 spiro atoms. The summed E-state index contributed by atoms with van der Waals surface area (Å²) < 4.78 is 5.21. The molecule has 0 aliphatic carbocycles. The Balaban J connectivity index is 2.74. The van der Waals surface area contributed by atoms with Gasteiger partial charge in [-0.05, 0) is 30.0 Å². The standard InChI is InChI=1S/C15H21NO4/c1-10-5-6-11(12(7-10)20-4)16-13(17)8-15(2,3)9-14(18)19/h5-7H,8-9H2,1-4H3,(H,16,17)(H,18,19). The van der Waals surface area contributed by atoms with Gasteiger partial charge in [0.15, 0.2) is 0 Å². The summed E-state index contributed by atoms with van der Waals surface area (Å²) in [6.45, 7) is 5.45. The molecule has 0 radical (unpaired) electrons. The molecular formula is C15H21NO4. The summed E-state index contributed by atoms with van der Waals surface area (Å²) in [5, 5.41) is 11.6. The molecule has 0 aromatic heterocycles. The predicted molar refractivity (Wildman–Crippen MR) is 77.0 cm³/mol. The highest BCUT2D eigenvalue weighted by molar-refractivity contribution is 5.93. The average molecular weight is 279 g/mol. The Morgan fingerprint density at radius 2 is 1.95 bits per heavy atom. The number of carbonyl (C=O) groups excluding carboxylic acids is 1. The summed E-state index contributed by atoms with van der Waals surface area (Å²) in [6.07, 6.45) is 0.0851. The van der Waals surface area contributed by atoms with Gasteiger partial charge < -0.3 is 15.2 Å². The third-order valence-electron chi connectivity index (χ3n) is 2.90. The molecule has 1 aromatic rings. The number of anilines is 1.